The second kappa shape index (κ2) is 7.62. The zero-order chi connectivity index (χ0) is 20.7. The Morgan fingerprint density at radius 1 is 1.28 bits per heavy atom. The van der Waals surface area contributed by atoms with Gasteiger partial charge in [0.05, 0.1) is 24.3 Å². The number of carbonyl (C=O) groups excluding carboxylic acids is 2. The van der Waals surface area contributed by atoms with Gasteiger partial charge >= 0.3 is 6.03 Å². The molecule has 1 saturated carbocycles. The van der Waals surface area contributed by atoms with Crippen molar-refractivity contribution in [2.24, 2.45) is 11.7 Å². The molecule has 0 unspecified atom stereocenters. The molecule has 3 N–H and O–H groups in total. The third-order valence-corrected chi connectivity index (χ3v) is 5.81. The van der Waals surface area contributed by atoms with Gasteiger partial charge in [-0.15, -0.1) is 0 Å². The summed E-state index contributed by atoms with van der Waals surface area (Å²) in [5, 5.41) is 7.69. The third kappa shape index (κ3) is 3.66. The molecule has 154 valence electrons. The van der Waals surface area contributed by atoms with Gasteiger partial charge in [-0.25, -0.2) is 13.6 Å². The normalized spacial score (nSPS) is 20.9. The molecule has 2 aromatic rings. The number of rotatable bonds is 4. The quantitative estimate of drug-likeness (QED) is 0.791. The Morgan fingerprint density at radius 3 is 2.69 bits per heavy atom. The first-order valence-corrected chi connectivity index (χ1v) is 9.72. The summed E-state index contributed by atoms with van der Waals surface area (Å²) in [5.41, 5.74) is 7.43. The Balaban J connectivity index is 1.57. The van der Waals surface area contributed by atoms with E-state index in [0.717, 1.165) is 0 Å². The molecule has 7 nitrogen and oxygen atoms in total. The van der Waals surface area contributed by atoms with E-state index in [1.807, 2.05) is 0 Å². The van der Waals surface area contributed by atoms with Gasteiger partial charge in [-0.1, -0.05) is 23.7 Å². The van der Waals surface area contributed by atoms with Gasteiger partial charge in [-0.2, -0.15) is 5.10 Å². The minimum atomic E-state index is -2.45. The number of carbonyl (C=O) groups is 2. The van der Waals surface area contributed by atoms with E-state index in [4.69, 9.17) is 17.3 Å². The van der Waals surface area contributed by atoms with Crippen LogP contribution in [0.2, 0.25) is 5.02 Å². The Morgan fingerprint density at radius 2 is 2.07 bits per heavy atom. The van der Waals surface area contributed by atoms with Crippen LogP contribution < -0.4 is 11.1 Å². The monoisotopic (exact) mass is 423 g/mol. The Labute approximate surface area is 170 Å². The Hall–Kier alpha value is -2.68. The fourth-order valence-electron chi connectivity index (χ4n) is 3.84. The summed E-state index contributed by atoms with van der Waals surface area (Å²) in [6, 6.07) is 5.98. The summed E-state index contributed by atoms with van der Waals surface area (Å²) >= 11 is 6.05. The molecule has 1 aliphatic heterocycles. The number of hydrogen-bond acceptors (Lipinski definition) is 3. The lowest BCUT2D eigenvalue weighted by molar-refractivity contribution is 0.00917. The summed E-state index contributed by atoms with van der Waals surface area (Å²) in [6.07, 6.45) is -1.50. The van der Waals surface area contributed by atoms with E-state index < -0.39 is 30.3 Å². The lowest BCUT2D eigenvalue weighted by atomic mass is 9.80. The number of alkyl halides is 2. The number of urea groups is 1. The number of nitrogens with zero attached hydrogens (tertiary/aromatic N) is 3. The molecule has 29 heavy (non-hydrogen) atoms. The van der Waals surface area contributed by atoms with Gasteiger partial charge in [0.15, 0.2) is 0 Å². The molecule has 0 spiro atoms. The number of hydrogen-bond donors (Lipinski definition) is 2. The van der Waals surface area contributed by atoms with Crippen molar-refractivity contribution in [3.8, 4) is 11.3 Å². The van der Waals surface area contributed by atoms with Crippen LogP contribution in [0.5, 0.6) is 0 Å². The van der Waals surface area contributed by atoms with Gasteiger partial charge in [0, 0.05) is 29.1 Å². The molecule has 1 aromatic heterocycles. The summed E-state index contributed by atoms with van der Waals surface area (Å²) < 4.78 is 27.5. The minimum absolute atomic E-state index is 0.115. The molecule has 2 aliphatic rings. The van der Waals surface area contributed by atoms with Gasteiger partial charge in [0.2, 0.25) is 6.43 Å². The molecule has 0 bridgehead atoms. The van der Waals surface area contributed by atoms with Gasteiger partial charge in [0.1, 0.15) is 5.69 Å². The van der Waals surface area contributed by atoms with Crippen LogP contribution in [0.3, 0.4) is 0 Å². The van der Waals surface area contributed by atoms with Crippen LogP contribution in [-0.2, 0) is 13.1 Å². The van der Waals surface area contributed by atoms with Crippen LogP contribution >= 0.6 is 11.6 Å². The summed E-state index contributed by atoms with van der Waals surface area (Å²) in [7, 11) is 0. The standard InChI is InChI=1S/C19H20ClF2N5O2/c20-11-3-1-2-10(8-11)16-15(18(23)28)14-9-26(6-7-27(14)25-16)19(29)24-13-5-4-12(13)17(21)22/h1-3,8,12-13,17H,4-7,9H2,(H2,23,28)(H,24,29)/t12-,13-/m1/s1. The van der Waals surface area contributed by atoms with Gasteiger partial charge in [-0.3, -0.25) is 9.48 Å². The van der Waals surface area contributed by atoms with Gasteiger partial charge in [-0.05, 0) is 25.0 Å². The number of fused-ring (bicyclic) bond motifs is 1. The van der Waals surface area contributed by atoms with E-state index >= 15 is 0 Å². The molecule has 1 aromatic carbocycles. The zero-order valence-corrected chi connectivity index (χ0v) is 16.2. The van der Waals surface area contributed by atoms with E-state index in [0.29, 0.717) is 47.9 Å². The number of halogens is 3. The van der Waals surface area contributed by atoms with E-state index in [9.17, 15) is 18.4 Å². The molecule has 2 heterocycles. The van der Waals surface area contributed by atoms with Crippen molar-refractivity contribution in [3.63, 3.8) is 0 Å². The largest absolute Gasteiger partial charge is 0.365 e. The van der Waals surface area contributed by atoms with Crippen LogP contribution in [0.15, 0.2) is 24.3 Å². The number of nitrogens with one attached hydrogen (secondary N) is 1. The van der Waals surface area contributed by atoms with Gasteiger partial charge in [0.25, 0.3) is 5.91 Å². The topological polar surface area (TPSA) is 93.2 Å². The first kappa shape index (κ1) is 19.6. The lowest BCUT2D eigenvalue weighted by Crippen LogP contribution is -2.54. The molecular formula is C19H20ClF2N5O2. The fraction of sp³-hybridized carbons (Fsp3) is 0.421. The van der Waals surface area contributed by atoms with E-state index in [-0.39, 0.29) is 12.1 Å². The molecule has 1 aliphatic carbocycles. The maximum atomic E-state index is 12.9. The van der Waals surface area contributed by atoms with Crippen molar-refractivity contribution in [1.82, 2.24) is 20.0 Å². The predicted molar refractivity (Wildman–Crippen MR) is 103 cm³/mol. The molecule has 0 radical (unpaired) electrons. The molecule has 1 fully saturated rings. The van der Waals surface area contributed by atoms with Crippen molar-refractivity contribution < 1.29 is 18.4 Å². The predicted octanol–water partition coefficient (Wildman–Crippen LogP) is 2.87. The highest BCUT2D eigenvalue weighted by atomic mass is 35.5. The van der Waals surface area contributed by atoms with E-state index in [2.05, 4.69) is 10.4 Å². The molecule has 3 amide bonds. The summed E-state index contributed by atoms with van der Waals surface area (Å²) in [4.78, 5) is 26.3. The Bertz CT molecular complexity index is 964. The smallest absolute Gasteiger partial charge is 0.318 e. The maximum Gasteiger partial charge on any atom is 0.318 e. The van der Waals surface area contributed by atoms with Crippen molar-refractivity contribution in [2.75, 3.05) is 6.54 Å². The highest BCUT2D eigenvalue weighted by Gasteiger charge is 2.39. The molecule has 4 rings (SSSR count). The van der Waals surface area contributed by atoms with E-state index in [1.165, 1.54) is 4.90 Å². The van der Waals surface area contributed by atoms with Crippen LogP contribution in [-0.4, -0.2) is 45.6 Å². The summed E-state index contributed by atoms with van der Waals surface area (Å²) in [5.74, 6) is -1.45. The SMILES string of the molecule is NC(=O)c1c(-c2cccc(Cl)c2)nn2c1CN(C(=O)N[C@@H]1CC[C@H]1C(F)F)CC2. The van der Waals surface area contributed by atoms with Crippen molar-refractivity contribution in [2.45, 2.75) is 38.4 Å². The number of amides is 3. The molecular weight excluding hydrogens is 404 g/mol. The number of primary amides is 1. The maximum absolute atomic E-state index is 12.9. The molecule has 0 saturated heterocycles. The van der Waals surface area contributed by atoms with Crippen LogP contribution in [0, 0.1) is 5.92 Å². The number of benzene rings is 1. The van der Waals surface area contributed by atoms with Gasteiger partial charge < -0.3 is 16.0 Å². The number of aromatic nitrogens is 2. The van der Waals surface area contributed by atoms with Crippen LogP contribution in [0.4, 0.5) is 13.6 Å². The van der Waals surface area contributed by atoms with Crippen molar-refractivity contribution in [1.29, 1.82) is 0 Å². The molecule has 10 heteroatoms. The van der Waals surface area contributed by atoms with Crippen molar-refractivity contribution in [3.05, 3.63) is 40.5 Å². The average molecular weight is 424 g/mol. The average Bonchev–Trinajstić information content (AvgIpc) is 3.03. The second-order valence-electron chi connectivity index (χ2n) is 7.32. The van der Waals surface area contributed by atoms with Crippen LogP contribution in [0.25, 0.3) is 11.3 Å². The second-order valence-corrected chi connectivity index (χ2v) is 7.76. The summed E-state index contributed by atoms with van der Waals surface area (Å²) in [6.45, 7) is 0.829. The Kier molecular flexibility index (Phi) is 5.16. The molecule has 2 atom stereocenters. The first-order chi connectivity index (χ1) is 13.8. The van der Waals surface area contributed by atoms with Crippen LogP contribution in [0.1, 0.15) is 28.9 Å². The first-order valence-electron chi connectivity index (χ1n) is 9.34. The highest BCUT2D eigenvalue weighted by Crippen LogP contribution is 2.33. The third-order valence-electron chi connectivity index (χ3n) is 5.57. The minimum Gasteiger partial charge on any atom is -0.365 e. The number of nitrogens with two attached hydrogens (primary N) is 1. The highest BCUT2D eigenvalue weighted by molar-refractivity contribution is 6.30. The van der Waals surface area contributed by atoms with Crippen molar-refractivity contribution >= 4 is 23.5 Å². The van der Waals surface area contributed by atoms with E-state index in [1.54, 1.807) is 28.9 Å². The lowest BCUT2D eigenvalue weighted by Gasteiger charge is -2.38. The fourth-order valence-corrected chi connectivity index (χ4v) is 4.03. The zero-order valence-electron chi connectivity index (χ0n) is 15.4.